The van der Waals surface area contributed by atoms with Gasteiger partial charge in [-0.05, 0) is 47.4 Å². The molecule has 1 aromatic heterocycles. The van der Waals surface area contributed by atoms with Crippen LogP contribution in [0, 0.1) is 0 Å². The van der Waals surface area contributed by atoms with Crippen molar-refractivity contribution in [3.05, 3.63) is 34.6 Å². The molecule has 0 aliphatic carbocycles. The molecule has 96 valence electrons. The van der Waals surface area contributed by atoms with Gasteiger partial charge in [0.05, 0.1) is 24.7 Å². The van der Waals surface area contributed by atoms with Crippen LogP contribution >= 0.6 is 15.9 Å². The molecule has 0 unspecified atom stereocenters. The van der Waals surface area contributed by atoms with E-state index in [4.69, 9.17) is 10.5 Å². The van der Waals surface area contributed by atoms with Crippen LogP contribution in [0.15, 0.2) is 28.9 Å². The molecule has 1 heterocycles. The zero-order valence-corrected chi connectivity index (χ0v) is 11.7. The van der Waals surface area contributed by atoms with Gasteiger partial charge in [0.15, 0.2) is 0 Å². The monoisotopic (exact) mass is 310 g/mol. The second-order valence-corrected chi connectivity index (χ2v) is 4.72. The average molecular weight is 311 g/mol. The molecule has 2 N–H and O–H groups in total. The first-order chi connectivity index (χ1) is 8.74. The second-order valence-electron chi connectivity index (χ2n) is 3.86. The van der Waals surface area contributed by atoms with E-state index in [2.05, 4.69) is 26.2 Å². The molecule has 0 atom stereocenters. The molecule has 0 bridgehead atoms. The number of halogens is 1. The molecule has 18 heavy (non-hydrogen) atoms. The Labute approximate surface area is 114 Å². The Kier molecular flexibility index (Phi) is 4.33. The van der Waals surface area contributed by atoms with Crippen molar-refractivity contribution in [1.29, 1.82) is 0 Å². The van der Waals surface area contributed by atoms with Crippen LogP contribution in [0.5, 0.6) is 5.75 Å². The molecular formula is C12H15BrN4O. The maximum Gasteiger partial charge on any atom is 0.121 e. The van der Waals surface area contributed by atoms with Crippen molar-refractivity contribution in [3.8, 4) is 11.4 Å². The summed E-state index contributed by atoms with van der Waals surface area (Å²) in [6.07, 6.45) is 3.67. The summed E-state index contributed by atoms with van der Waals surface area (Å²) in [6.45, 7) is 0.662. The number of rotatable bonds is 5. The van der Waals surface area contributed by atoms with E-state index in [-0.39, 0.29) is 0 Å². The number of aryl methyl sites for hydroxylation is 1. The maximum atomic E-state index is 5.48. The Hall–Kier alpha value is -1.40. The minimum atomic E-state index is 0.662. The lowest BCUT2D eigenvalue weighted by molar-refractivity contribution is 0.414. The molecule has 5 nitrogen and oxygen atoms in total. The highest BCUT2D eigenvalue weighted by Crippen LogP contribution is 2.25. The van der Waals surface area contributed by atoms with Crippen molar-refractivity contribution >= 4 is 15.9 Å². The third kappa shape index (κ3) is 2.88. The summed E-state index contributed by atoms with van der Waals surface area (Å²) >= 11 is 3.49. The third-order valence-corrected chi connectivity index (χ3v) is 3.25. The summed E-state index contributed by atoms with van der Waals surface area (Å²) in [5.41, 5.74) is 7.32. The number of nitrogens with two attached hydrogens (primary N) is 1. The van der Waals surface area contributed by atoms with Gasteiger partial charge in [-0.25, -0.2) is 4.68 Å². The van der Waals surface area contributed by atoms with E-state index in [1.807, 2.05) is 24.4 Å². The Morgan fingerprint density at radius 1 is 1.44 bits per heavy atom. The number of benzene rings is 1. The van der Waals surface area contributed by atoms with Gasteiger partial charge in [-0.1, -0.05) is 5.21 Å². The summed E-state index contributed by atoms with van der Waals surface area (Å²) in [5, 5.41) is 8.24. The van der Waals surface area contributed by atoms with Gasteiger partial charge in [0, 0.05) is 10.5 Å². The SMILES string of the molecule is COc1ccc(Br)c(-n2cc(CCCN)nn2)c1. The van der Waals surface area contributed by atoms with E-state index < -0.39 is 0 Å². The van der Waals surface area contributed by atoms with Gasteiger partial charge in [0.1, 0.15) is 5.75 Å². The summed E-state index contributed by atoms with van der Waals surface area (Å²) in [5.74, 6) is 0.784. The zero-order valence-electron chi connectivity index (χ0n) is 10.1. The summed E-state index contributed by atoms with van der Waals surface area (Å²) in [4.78, 5) is 0. The minimum Gasteiger partial charge on any atom is -0.497 e. The fourth-order valence-electron chi connectivity index (χ4n) is 1.61. The number of hydrogen-bond donors (Lipinski definition) is 1. The lowest BCUT2D eigenvalue weighted by atomic mass is 10.2. The van der Waals surface area contributed by atoms with Crippen molar-refractivity contribution in [2.75, 3.05) is 13.7 Å². The maximum absolute atomic E-state index is 5.48. The van der Waals surface area contributed by atoms with E-state index in [9.17, 15) is 0 Å². The average Bonchev–Trinajstić information content (AvgIpc) is 2.85. The van der Waals surface area contributed by atoms with E-state index in [0.717, 1.165) is 34.4 Å². The summed E-state index contributed by atoms with van der Waals surface area (Å²) in [6, 6.07) is 5.72. The molecule has 2 aromatic rings. The van der Waals surface area contributed by atoms with Gasteiger partial charge >= 0.3 is 0 Å². The fourth-order valence-corrected chi connectivity index (χ4v) is 2.04. The summed E-state index contributed by atoms with van der Waals surface area (Å²) in [7, 11) is 1.64. The highest BCUT2D eigenvalue weighted by molar-refractivity contribution is 9.10. The lowest BCUT2D eigenvalue weighted by Gasteiger charge is -2.06. The molecule has 0 spiro atoms. The molecule has 0 aliphatic rings. The Morgan fingerprint density at radius 3 is 3.00 bits per heavy atom. The first-order valence-corrected chi connectivity index (χ1v) is 6.49. The predicted molar refractivity (Wildman–Crippen MR) is 73.0 cm³/mol. The van der Waals surface area contributed by atoms with Crippen molar-refractivity contribution in [1.82, 2.24) is 15.0 Å². The third-order valence-electron chi connectivity index (χ3n) is 2.58. The molecule has 0 radical (unpaired) electrons. The second kappa shape index (κ2) is 5.97. The van der Waals surface area contributed by atoms with E-state index in [1.165, 1.54) is 0 Å². The number of nitrogens with zero attached hydrogens (tertiary/aromatic N) is 3. The van der Waals surface area contributed by atoms with Crippen molar-refractivity contribution in [2.24, 2.45) is 5.73 Å². The molecular weight excluding hydrogens is 296 g/mol. The van der Waals surface area contributed by atoms with Crippen molar-refractivity contribution < 1.29 is 4.74 Å². The highest BCUT2D eigenvalue weighted by atomic mass is 79.9. The normalized spacial score (nSPS) is 10.6. The van der Waals surface area contributed by atoms with Crippen LogP contribution in [0.1, 0.15) is 12.1 Å². The quantitative estimate of drug-likeness (QED) is 0.916. The Balaban J connectivity index is 2.27. The molecule has 0 saturated heterocycles. The van der Waals surface area contributed by atoms with Crippen LogP contribution in [0.2, 0.25) is 0 Å². The van der Waals surface area contributed by atoms with Crippen LogP contribution in [0.25, 0.3) is 5.69 Å². The highest BCUT2D eigenvalue weighted by Gasteiger charge is 2.07. The van der Waals surface area contributed by atoms with Crippen LogP contribution in [0.4, 0.5) is 0 Å². The summed E-state index contributed by atoms with van der Waals surface area (Å²) < 4.78 is 7.88. The zero-order chi connectivity index (χ0) is 13.0. The van der Waals surface area contributed by atoms with Gasteiger partial charge in [0.25, 0.3) is 0 Å². The van der Waals surface area contributed by atoms with Gasteiger partial charge < -0.3 is 10.5 Å². The van der Waals surface area contributed by atoms with Gasteiger partial charge in [0.2, 0.25) is 0 Å². The smallest absolute Gasteiger partial charge is 0.121 e. The van der Waals surface area contributed by atoms with Gasteiger partial charge in [-0.3, -0.25) is 0 Å². The molecule has 1 aromatic carbocycles. The Bertz CT molecular complexity index is 527. The van der Waals surface area contributed by atoms with Crippen LogP contribution in [-0.2, 0) is 6.42 Å². The number of ether oxygens (including phenoxy) is 1. The standard InChI is InChI=1S/C12H15BrN4O/c1-18-10-4-5-11(13)12(7-10)17-8-9(15-16-17)3-2-6-14/h4-5,7-8H,2-3,6,14H2,1H3. The van der Waals surface area contributed by atoms with Gasteiger partial charge in [-0.15, -0.1) is 5.10 Å². The molecule has 0 fully saturated rings. The molecule has 0 amide bonds. The Morgan fingerprint density at radius 2 is 2.28 bits per heavy atom. The molecule has 6 heteroatoms. The first kappa shape index (κ1) is 13.0. The number of methoxy groups -OCH3 is 1. The van der Waals surface area contributed by atoms with Crippen molar-refractivity contribution in [2.45, 2.75) is 12.8 Å². The number of hydrogen-bond acceptors (Lipinski definition) is 4. The van der Waals surface area contributed by atoms with Crippen molar-refractivity contribution in [3.63, 3.8) is 0 Å². The topological polar surface area (TPSA) is 66.0 Å². The van der Waals surface area contributed by atoms with E-state index in [0.29, 0.717) is 6.54 Å². The molecule has 0 saturated carbocycles. The lowest BCUT2D eigenvalue weighted by Crippen LogP contribution is -2.00. The van der Waals surface area contributed by atoms with Crippen LogP contribution in [0.3, 0.4) is 0 Å². The van der Waals surface area contributed by atoms with E-state index in [1.54, 1.807) is 11.8 Å². The first-order valence-electron chi connectivity index (χ1n) is 5.70. The number of aromatic nitrogens is 3. The van der Waals surface area contributed by atoms with Crippen LogP contribution in [-0.4, -0.2) is 28.6 Å². The largest absolute Gasteiger partial charge is 0.497 e. The minimum absolute atomic E-state index is 0.662. The van der Waals surface area contributed by atoms with Crippen LogP contribution < -0.4 is 10.5 Å². The molecule has 0 aliphatic heterocycles. The predicted octanol–water partition coefficient (Wildman–Crippen LogP) is 1.93. The fraction of sp³-hybridized carbons (Fsp3) is 0.333. The molecule has 2 rings (SSSR count). The van der Waals surface area contributed by atoms with E-state index >= 15 is 0 Å². The van der Waals surface area contributed by atoms with Gasteiger partial charge in [-0.2, -0.15) is 0 Å².